The summed E-state index contributed by atoms with van der Waals surface area (Å²) < 4.78 is 2.02. The number of imidazole rings is 1. The number of hydrogen-bond donors (Lipinski definition) is 1. The van der Waals surface area contributed by atoms with Gasteiger partial charge < -0.3 is 10.3 Å². The van der Waals surface area contributed by atoms with Gasteiger partial charge in [-0.05, 0) is 19.8 Å². The van der Waals surface area contributed by atoms with Crippen molar-refractivity contribution < 1.29 is 0 Å². The van der Waals surface area contributed by atoms with E-state index in [-0.39, 0.29) is 5.54 Å². The average Bonchev–Trinajstić information content (AvgIpc) is 2.64. The molecule has 1 heterocycles. The van der Waals surface area contributed by atoms with Gasteiger partial charge >= 0.3 is 0 Å². The molecular formula is C8H12ClN3. The average molecular weight is 186 g/mol. The standard InChI is InChI=1S/C8H12ClN3/c1-2-12-5-11-7(9)6(12)8(10)3-4-8/h5H,2-4,10H2,1H3. The zero-order valence-corrected chi connectivity index (χ0v) is 7.80. The fourth-order valence-corrected chi connectivity index (χ4v) is 1.80. The van der Waals surface area contributed by atoms with Gasteiger partial charge in [0.25, 0.3) is 0 Å². The van der Waals surface area contributed by atoms with E-state index in [9.17, 15) is 0 Å². The number of nitrogens with two attached hydrogens (primary N) is 1. The maximum Gasteiger partial charge on any atom is 0.152 e. The van der Waals surface area contributed by atoms with Gasteiger partial charge in [-0.3, -0.25) is 0 Å². The van der Waals surface area contributed by atoms with E-state index in [1.165, 1.54) is 0 Å². The highest BCUT2D eigenvalue weighted by molar-refractivity contribution is 6.30. The smallest absolute Gasteiger partial charge is 0.152 e. The van der Waals surface area contributed by atoms with Gasteiger partial charge in [0.2, 0.25) is 0 Å². The Balaban J connectivity index is 2.46. The second kappa shape index (κ2) is 2.47. The predicted octanol–water partition coefficient (Wildman–Crippen LogP) is 1.50. The highest BCUT2D eigenvalue weighted by Crippen LogP contribution is 2.45. The highest BCUT2D eigenvalue weighted by atomic mass is 35.5. The Morgan fingerprint density at radius 3 is 2.92 bits per heavy atom. The maximum atomic E-state index is 6.04. The molecule has 0 aliphatic heterocycles. The molecule has 0 radical (unpaired) electrons. The highest BCUT2D eigenvalue weighted by Gasteiger charge is 2.44. The minimum atomic E-state index is -0.177. The third kappa shape index (κ3) is 1.04. The number of aromatic nitrogens is 2. The summed E-state index contributed by atoms with van der Waals surface area (Å²) in [5.74, 6) is 0. The molecule has 1 aromatic rings. The molecule has 1 aromatic heterocycles. The SMILES string of the molecule is CCn1cnc(Cl)c1C1(N)CC1. The molecule has 2 N–H and O–H groups in total. The molecule has 0 unspecified atom stereocenters. The zero-order valence-electron chi connectivity index (χ0n) is 7.05. The fraction of sp³-hybridized carbons (Fsp3) is 0.625. The monoisotopic (exact) mass is 185 g/mol. The molecule has 0 saturated heterocycles. The van der Waals surface area contributed by atoms with Gasteiger partial charge in [0.15, 0.2) is 5.15 Å². The van der Waals surface area contributed by atoms with Gasteiger partial charge in [-0.2, -0.15) is 0 Å². The number of aryl methyl sites for hydroxylation is 1. The Bertz CT molecular complexity index is 301. The van der Waals surface area contributed by atoms with Gasteiger partial charge in [-0.15, -0.1) is 0 Å². The molecular weight excluding hydrogens is 174 g/mol. The summed E-state index contributed by atoms with van der Waals surface area (Å²) >= 11 is 5.94. The van der Waals surface area contributed by atoms with Crippen LogP contribution in [-0.2, 0) is 12.1 Å². The lowest BCUT2D eigenvalue weighted by Gasteiger charge is -2.11. The van der Waals surface area contributed by atoms with E-state index < -0.39 is 0 Å². The van der Waals surface area contributed by atoms with E-state index in [0.29, 0.717) is 5.15 Å². The van der Waals surface area contributed by atoms with Crippen LogP contribution in [-0.4, -0.2) is 9.55 Å². The van der Waals surface area contributed by atoms with Crippen molar-refractivity contribution in [1.29, 1.82) is 0 Å². The molecule has 12 heavy (non-hydrogen) atoms. The fourth-order valence-electron chi connectivity index (χ4n) is 1.46. The maximum absolute atomic E-state index is 6.04. The minimum Gasteiger partial charge on any atom is -0.332 e. The topological polar surface area (TPSA) is 43.8 Å². The largest absolute Gasteiger partial charge is 0.332 e. The Kier molecular flexibility index (Phi) is 1.66. The van der Waals surface area contributed by atoms with Gasteiger partial charge in [0, 0.05) is 6.54 Å². The van der Waals surface area contributed by atoms with Crippen LogP contribution >= 0.6 is 11.6 Å². The van der Waals surface area contributed by atoms with Crippen LogP contribution in [0.1, 0.15) is 25.5 Å². The molecule has 0 spiro atoms. The van der Waals surface area contributed by atoms with E-state index in [0.717, 1.165) is 25.1 Å². The van der Waals surface area contributed by atoms with Crippen LogP contribution in [0, 0.1) is 0 Å². The molecule has 0 atom stereocenters. The quantitative estimate of drug-likeness (QED) is 0.759. The number of rotatable bonds is 2. The molecule has 1 aliphatic carbocycles. The summed E-state index contributed by atoms with van der Waals surface area (Å²) in [4.78, 5) is 4.04. The summed E-state index contributed by atoms with van der Waals surface area (Å²) in [6, 6.07) is 0. The van der Waals surface area contributed by atoms with E-state index in [1.54, 1.807) is 6.33 Å². The third-order valence-electron chi connectivity index (χ3n) is 2.39. The summed E-state index contributed by atoms with van der Waals surface area (Å²) in [6.45, 7) is 2.95. The van der Waals surface area contributed by atoms with Crippen molar-refractivity contribution in [2.75, 3.05) is 0 Å². The van der Waals surface area contributed by atoms with E-state index in [4.69, 9.17) is 17.3 Å². The number of hydrogen-bond acceptors (Lipinski definition) is 2. The van der Waals surface area contributed by atoms with Crippen LogP contribution in [0.5, 0.6) is 0 Å². The van der Waals surface area contributed by atoms with Crippen molar-refractivity contribution in [3.8, 4) is 0 Å². The second-order valence-electron chi connectivity index (χ2n) is 3.33. The van der Waals surface area contributed by atoms with E-state index >= 15 is 0 Å². The minimum absolute atomic E-state index is 0.177. The normalized spacial score (nSPS) is 19.6. The molecule has 66 valence electrons. The van der Waals surface area contributed by atoms with Crippen molar-refractivity contribution in [3.05, 3.63) is 17.2 Å². The zero-order chi connectivity index (χ0) is 8.77. The van der Waals surface area contributed by atoms with Gasteiger partial charge in [0.05, 0.1) is 17.6 Å². The van der Waals surface area contributed by atoms with Crippen molar-refractivity contribution in [2.24, 2.45) is 5.73 Å². The van der Waals surface area contributed by atoms with Crippen LogP contribution in [0.3, 0.4) is 0 Å². The van der Waals surface area contributed by atoms with Crippen LogP contribution in [0.15, 0.2) is 6.33 Å². The lowest BCUT2D eigenvalue weighted by Crippen LogP contribution is -2.23. The first-order chi connectivity index (χ1) is 5.67. The van der Waals surface area contributed by atoms with Gasteiger partial charge in [-0.1, -0.05) is 11.6 Å². The predicted molar refractivity (Wildman–Crippen MR) is 48.0 cm³/mol. The lowest BCUT2D eigenvalue weighted by molar-refractivity contribution is 0.618. The second-order valence-corrected chi connectivity index (χ2v) is 3.68. The summed E-state index contributed by atoms with van der Waals surface area (Å²) in [6.07, 6.45) is 3.81. The molecule has 0 amide bonds. The summed E-state index contributed by atoms with van der Waals surface area (Å²) in [5, 5.41) is 0.567. The Hall–Kier alpha value is -0.540. The van der Waals surface area contributed by atoms with Crippen molar-refractivity contribution in [2.45, 2.75) is 31.8 Å². The molecule has 4 heteroatoms. The van der Waals surface area contributed by atoms with Crippen LogP contribution < -0.4 is 5.73 Å². The van der Waals surface area contributed by atoms with E-state index in [2.05, 4.69) is 11.9 Å². The van der Waals surface area contributed by atoms with Gasteiger partial charge in [0.1, 0.15) is 0 Å². The molecule has 1 aliphatic rings. The van der Waals surface area contributed by atoms with Crippen LogP contribution in [0.2, 0.25) is 5.15 Å². The summed E-state index contributed by atoms with van der Waals surface area (Å²) in [5.41, 5.74) is 6.87. The van der Waals surface area contributed by atoms with Crippen molar-refractivity contribution in [1.82, 2.24) is 9.55 Å². The molecule has 3 nitrogen and oxygen atoms in total. The number of halogens is 1. The van der Waals surface area contributed by atoms with Crippen LogP contribution in [0.4, 0.5) is 0 Å². The molecule has 2 rings (SSSR count). The molecule has 0 aromatic carbocycles. The lowest BCUT2D eigenvalue weighted by atomic mass is 10.2. The first-order valence-electron chi connectivity index (χ1n) is 4.17. The van der Waals surface area contributed by atoms with Crippen LogP contribution in [0.25, 0.3) is 0 Å². The molecule has 1 fully saturated rings. The number of nitrogens with zero attached hydrogens (tertiary/aromatic N) is 2. The van der Waals surface area contributed by atoms with Crippen molar-refractivity contribution in [3.63, 3.8) is 0 Å². The van der Waals surface area contributed by atoms with Gasteiger partial charge in [-0.25, -0.2) is 4.98 Å². The molecule has 1 saturated carbocycles. The molecule has 0 bridgehead atoms. The van der Waals surface area contributed by atoms with E-state index in [1.807, 2.05) is 4.57 Å². The first-order valence-corrected chi connectivity index (χ1v) is 4.55. The third-order valence-corrected chi connectivity index (χ3v) is 2.67. The summed E-state index contributed by atoms with van der Waals surface area (Å²) in [7, 11) is 0. The van der Waals surface area contributed by atoms with Crippen molar-refractivity contribution >= 4 is 11.6 Å². The Morgan fingerprint density at radius 2 is 2.42 bits per heavy atom. The Labute approximate surface area is 76.5 Å². The first kappa shape index (κ1) is 8.08. The Morgan fingerprint density at radius 1 is 1.75 bits per heavy atom.